The lowest BCUT2D eigenvalue weighted by Gasteiger charge is -2.07. The fraction of sp³-hybridized carbons (Fsp3) is 0.214. The molecule has 1 aromatic carbocycles. The fourth-order valence-electron chi connectivity index (χ4n) is 1.83. The molecule has 0 fully saturated rings. The first kappa shape index (κ1) is 16.1. The highest BCUT2D eigenvalue weighted by atomic mass is 32.1. The second-order valence-electron chi connectivity index (χ2n) is 4.49. The second kappa shape index (κ2) is 7.10. The number of anilines is 1. The Labute approximate surface area is 129 Å². The predicted molar refractivity (Wildman–Crippen MR) is 80.6 cm³/mol. The molecule has 0 saturated carbocycles. The fourth-order valence-corrected chi connectivity index (χ4v) is 2.64. The van der Waals surface area contributed by atoms with Gasteiger partial charge in [-0.1, -0.05) is 0 Å². The Balaban J connectivity index is 2.07. The molecule has 2 aromatic rings. The van der Waals surface area contributed by atoms with Crippen LogP contribution in [0.25, 0.3) is 0 Å². The SMILES string of the molecule is NCCc1nc(CC(=O)Nc2ccc(F)cc2C(=O)O)cs1. The summed E-state index contributed by atoms with van der Waals surface area (Å²) in [4.78, 5) is 27.3. The number of carboxylic acid groups (broad SMARTS) is 1. The van der Waals surface area contributed by atoms with E-state index in [0.29, 0.717) is 18.7 Å². The molecule has 22 heavy (non-hydrogen) atoms. The summed E-state index contributed by atoms with van der Waals surface area (Å²) in [5, 5.41) is 14.1. The third kappa shape index (κ3) is 4.09. The quantitative estimate of drug-likeness (QED) is 0.750. The van der Waals surface area contributed by atoms with Crippen LogP contribution in [-0.2, 0) is 17.6 Å². The number of aromatic carboxylic acids is 1. The Hall–Kier alpha value is -2.32. The van der Waals surface area contributed by atoms with Crippen molar-refractivity contribution in [2.75, 3.05) is 11.9 Å². The second-order valence-corrected chi connectivity index (χ2v) is 5.43. The van der Waals surface area contributed by atoms with E-state index >= 15 is 0 Å². The molecule has 4 N–H and O–H groups in total. The molecule has 8 heteroatoms. The van der Waals surface area contributed by atoms with Gasteiger partial charge in [-0.3, -0.25) is 4.79 Å². The van der Waals surface area contributed by atoms with Crippen LogP contribution in [0.1, 0.15) is 21.1 Å². The van der Waals surface area contributed by atoms with Gasteiger partial charge in [-0.2, -0.15) is 0 Å². The Morgan fingerprint density at radius 2 is 2.18 bits per heavy atom. The summed E-state index contributed by atoms with van der Waals surface area (Å²) >= 11 is 1.42. The van der Waals surface area contributed by atoms with Gasteiger partial charge in [0.1, 0.15) is 5.82 Å². The number of hydrogen-bond acceptors (Lipinski definition) is 5. The lowest BCUT2D eigenvalue weighted by atomic mass is 10.1. The number of aromatic nitrogens is 1. The maximum absolute atomic E-state index is 13.1. The third-order valence-corrected chi connectivity index (χ3v) is 3.74. The Morgan fingerprint density at radius 1 is 1.41 bits per heavy atom. The van der Waals surface area contributed by atoms with Crippen LogP contribution in [0, 0.1) is 5.82 Å². The molecule has 1 heterocycles. The van der Waals surface area contributed by atoms with E-state index in [2.05, 4.69) is 10.3 Å². The number of benzene rings is 1. The van der Waals surface area contributed by atoms with Gasteiger partial charge in [0.15, 0.2) is 0 Å². The molecule has 0 aliphatic heterocycles. The van der Waals surface area contributed by atoms with Crippen molar-refractivity contribution in [3.63, 3.8) is 0 Å². The Kier molecular flexibility index (Phi) is 5.18. The molecule has 0 saturated heterocycles. The van der Waals surface area contributed by atoms with Crippen LogP contribution in [-0.4, -0.2) is 28.5 Å². The monoisotopic (exact) mass is 323 g/mol. The number of nitrogens with two attached hydrogens (primary N) is 1. The van der Waals surface area contributed by atoms with E-state index in [4.69, 9.17) is 10.8 Å². The van der Waals surface area contributed by atoms with Crippen molar-refractivity contribution in [3.05, 3.63) is 45.7 Å². The molecule has 0 bridgehead atoms. The number of hydrogen-bond donors (Lipinski definition) is 3. The van der Waals surface area contributed by atoms with Crippen LogP contribution in [0.3, 0.4) is 0 Å². The number of carboxylic acids is 1. The molecule has 0 spiro atoms. The Morgan fingerprint density at radius 3 is 2.86 bits per heavy atom. The van der Waals surface area contributed by atoms with Crippen LogP contribution in [0.15, 0.2) is 23.6 Å². The van der Waals surface area contributed by atoms with Crippen LogP contribution in [0.5, 0.6) is 0 Å². The van der Waals surface area contributed by atoms with Gasteiger partial charge >= 0.3 is 5.97 Å². The van der Waals surface area contributed by atoms with Gasteiger partial charge in [0.25, 0.3) is 0 Å². The summed E-state index contributed by atoms with van der Waals surface area (Å²) in [6.45, 7) is 0.483. The van der Waals surface area contributed by atoms with E-state index in [-0.39, 0.29) is 17.7 Å². The van der Waals surface area contributed by atoms with Crippen molar-refractivity contribution >= 4 is 28.9 Å². The normalized spacial score (nSPS) is 10.5. The summed E-state index contributed by atoms with van der Waals surface area (Å²) in [6, 6.07) is 3.17. The topological polar surface area (TPSA) is 105 Å². The van der Waals surface area contributed by atoms with Gasteiger partial charge in [0.05, 0.1) is 28.4 Å². The number of amides is 1. The summed E-state index contributed by atoms with van der Waals surface area (Å²) in [5.41, 5.74) is 5.78. The number of halogens is 1. The van der Waals surface area contributed by atoms with E-state index in [1.54, 1.807) is 5.38 Å². The smallest absolute Gasteiger partial charge is 0.337 e. The van der Waals surface area contributed by atoms with E-state index in [1.807, 2.05) is 0 Å². The minimum absolute atomic E-state index is 0.0114. The lowest BCUT2D eigenvalue weighted by Crippen LogP contribution is -2.17. The zero-order valence-corrected chi connectivity index (χ0v) is 12.3. The van der Waals surface area contributed by atoms with E-state index < -0.39 is 17.7 Å². The van der Waals surface area contributed by atoms with Crippen LogP contribution >= 0.6 is 11.3 Å². The summed E-state index contributed by atoms with van der Waals surface area (Å²) in [5.74, 6) is -2.41. The molecule has 0 aliphatic rings. The van der Waals surface area contributed by atoms with E-state index in [0.717, 1.165) is 17.1 Å². The highest BCUT2D eigenvalue weighted by molar-refractivity contribution is 7.09. The van der Waals surface area contributed by atoms with Gasteiger partial charge < -0.3 is 16.2 Å². The standard InChI is InChI=1S/C14H14FN3O3S/c15-8-1-2-11(10(5-8)14(20)21)18-12(19)6-9-7-22-13(17-9)3-4-16/h1-2,5,7H,3-4,6,16H2,(H,18,19)(H,20,21). The molecule has 116 valence electrons. The first-order valence-corrected chi connectivity index (χ1v) is 7.33. The number of nitrogens with one attached hydrogen (secondary N) is 1. The molecule has 6 nitrogen and oxygen atoms in total. The minimum atomic E-state index is -1.31. The maximum atomic E-state index is 13.1. The summed E-state index contributed by atoms with van der Waals surface area (Å²) in [7, 11) is 0. The number of nitrogens with zero attached hydrogens (tertiary/aromatic N) is 1. The molecule has 0 radical (unpaired) electrons. The van der Waals surface area contributed by atoms with Gasteiger partial charge in [-0.05, 0) is 24.7 Å². The van der Waals surface area contributed by atoms with Crippen molar-refractivity contribution in [3.8, 4) is 0 Å². The first-order valence-electron chi connectivity index (χ1n) is 6.45. The number of carbonyl (C=O) groups excluding carboxylic acids is 1. The zero-order valence-electron chi connectivity index (χ0n) is 11.5. The minimum Gasteiger partial charge on any atom is -0.478 e. The van der Waals surface area contributed by atoms with Crippen molar-refractivity contribution < 1.29 is 19.1 Å². The molecule has 2 rings (SSSR count). The molecule has 0 atom stereocenters. The molecule has 0 aliphatic carbocycles. The van der Waals surface area contributed by atoms with Gasteiger partial charge in [0.2, 0.25) is 5.91 Å². The average Bonchev–Trinajstić information content (AvgIpc) is 2.88. The molecule has 1 amide bonds. The van der Waals surface area contributed by atoms with Crippen LogP contribution < -0.4 is 11.1 Å². The van der Waals surface area contributed by atoms with Crippen molar-refractivity contribution in [1.82, 2.24) is 4.98 Å². The van der Waals surface area contributed by atoms with Crippen LogP contribution in [0.4, 0.5) is 10.1 Å². The number of thiazole rings is 1. The molecule has 0 unspecified atom stereocenters. The zero-order chi connectivity index (χ0) is 16.1. The average molecular weight is 323 g/mol. The molecule has 1 aromatic heterocycles. The number of rotatable bonds is 6. The summed E-state index contributed by atoms with van der Waals surface area (Å²) in [6.07, 6.45) is 0.658. The number of carbonyl (C=O) groups is 2. The van der Waals surface area contributed by atoms with E-state index in [1.165, 1.54) is 17.4 Å². The maximum Gasteiger partial charge on any atom is 0.337 e. The van der Waals surface area contributed by atoms with Crippen LogP contribution in [0.2, 0.25) is 0 Å². The predicted octanol–water partition coefficient (Wildman–Crippen LogP) is 1.66. The van der Waals surface area contributed by atoms with E-state index in [9.17, 15) is 14.0 Å². The van der Waals surface area contributed by atoms with Crippen molar-refractivity contribution in [1.29, 1.82) is 0 Å². The lowest BCUT2D eigenvalue weighted by molar-refractivity contribution is -0.115. The highest BCUT2D eigenvalue weighted by Crippen LogP contribution is 2.18. The van der Waals surface area contributed by atoms with Crippen molar-refractivity contribution in [2.24, 2.45) is 5.73 Å². The Bertz CT molecular complexity index is 702. The third-order valence-electron chi connectivity index (χ3n) is 2.79. The van der Waals surface area contributed by atoms with Gasteiger partial charge in [-0.25, -0.2) is 14.2 Å². The summed E-state index contributed by atoms with van der Waals surface area (Å²) < 4.78 is 13.1. The van der Waals surface area contributed by atoms with Gasteiger partial charge in [0, 0.05) is 11.8 Å². The highest BCUT2D eigenvalue weighted by Gasteiger charge is 2.14. The van der Waals surface area contributed by atoms with Crippen molar-refractivity contribution in [2.45, 2.75) is 12.8 Å². The molecular formula is C14H14FN3O3S. The largest absolute Gasteiger partial charge is 0.478 e. The van der Waals surface area contributed by atoms with Gasteiger partial charge in [-0.15, -0.1) is 11.3 Å². The first-order chi connectivity index (χ1) is 10.5. The molecular weight excluding hydrogens is 309 g/mol.